The van der Waals surface area contributed by atoms with Crippen LogP contribution >= 0.6 is 0 Å². The van der Waals surface area contributed by atoms with Crippen LogP contribution in [-0.2, 0) is 17.9 Å². The van der Waals surface area contributed by atoms with Crippen LogP contribution in [0.4, 0.5) is 0 Å². The Morgan fingerprint density at radius 2 is 2.06 bits per heavy atom. The molecule has 0 aromatic heterocycles. The number of benzene rings is 1. The van der Waals surface area contributed by atoms with Crippen molar-refractivity contribution in [2.45, 2.75) is 52.3 Å². The van der Waals surface area contributed by atoms with Crippen molar-refractivity contribution in [3.05, 3.63) is 34.9 Å². The Morgan fingerprint density at radius 3 is 2.72 bits per heavy atom. The van der Waals surface area contributed by atoms with E-state index in [2.05, 4.69) is 0 Å². The molecular formula is C15H21NO2. The molecule has 1 N–H and O–H groups in total. The molecule has 1 aliphatic rings. The van der Waals surface area contributed by atoms with Crippen LogP contribution in [0.5, 0.6) is 0 Å². The van der Waals surface area contributed by atoms with Gasteiger partial charge in [-0.2, -0.15) is 0 Å². The SMILES string of the molecule is CCCC(=O)N1Cc2ccc(C(O)CC)cc2C1. The summed E-state index contributed by atoms with van der Waals surface area (Å²) in [4.78, 5) is 13.8. The Bertz CT molecular complexity index is 442. The summed E-state index contributed by atoms with van der Waals surface area (Å²) >= 11 is 0. The van der Waals surface area contributed by atoms with Crippen LogP contribution in [0.3, 0.4) is 0 Å². The highest BCUT2D eigenvalue weighted by Gasteiger charge is 2.23. The number of aliphatic hydroxyl groups excluding tert-OH is 1. The molecule has 1 aliphatic heterocycles. The van der Waals surface area contributed by atoms with E-state index in [-0.39, 0.29) is 5.91 Å². The molecular weight excluding hydrogens is 226 g/mol. The predicted molar refractivity (Wildman–Crippen MR) is 70.9 cm³/mol. The first kappa shape index (κ1) is 13.1. The van der Waals surface area contributed by atoms with Crippen LogP contribution in [0.1, 0.15) is 55.9 Å². The summed E-state index contributed by atoms with van der Waals surface area (Å²) < 4.78 is 0. The average Bonchev–Trinajstić information content (AvgIpc) is 2.80. The topological polar surface area (TPSA) is 40.5 Å². The van der Waals surface area contributed by atoms with Crippen LogP contribution in [-0.4, -0.2) is 15.9 Å². The lowest BCUT2D eigenvalue weighted by Crippen LogP contribution is -2.24. The fourth-order valence-corrected chi connectivity index (χ4v) is 2.41. The van der Waals surface area contributed by atoms with Gasteiger partial charge in [-0.3, -0.25) is 4.79 Å². The number of fused-ring (bicyclic) bond motifs is 1. The third kappa shape index (κ3) is 2.56. The molecule has 0 saturated heterocycles. The summed E-state index contributed by atoms with van der Waals surface area (Å²) in [5, 5.41) is 9.84. The molecule has 0 fully saturated rings. The van der Waals surface area contributed by atoms with Crippen molar-refractivity contribution in [1.82, 2.24) is 4.90 Å². The first-order chi connectivity index (χ1) is 8.65. The van der Waals surface area contributed by atoms with Gasteiger partial charge < -0.3 is 10.0 Å². The van der Waals surface area contributed by atoms with Crippen LogP contribution < -0.4 is 0 Å². The maximum Gasteiger partial charge on any atom is 0.223 e. The maximum atomic E-state index is 11.9. The zero-order valence-corrected chi connectivity index (χ0v) is 11.1. The largest absolute Gasteiger partial charge is 0.388 e. The maximum absolute atomic E-state index is 11.9. The van der Waals surface area contributed by atoms with Crippen molar-refractivity contribution in [3.63, 3.8) is 0 Å². The van der Waals surface area contributed by atoms with E-state index < -0.39 is 6.10 Å². The van der Waals surface area contributed by atoms with Crippen molar-refractivity contribution in [3.8, 4) is 0 Å². The molecule has 0 bridgehead atoms. The Balaban J connectivity index is 2.12. The molecule has 0 spiro atoms. The fourth-order valence-electron chi connectivity index (χ4n) is 2.41. The van der Waals surface area contributed by atoms with E-state index in [4.69, 9.17) is 0 Å². The second-order valence-electron chi connectivity index (χ2n) is 4.95. The van der Waals surface area contributed by atoms with Crippen LogP contribution in [0, 0.1) is 0 Å². The van der Waals surface area contributed by atoms with Crippen molar-refractivity contribution < 1.29 is 9.90 Å². The van der Waals surface area contributed by atoms with Gasteiger partial charge in [-0.05, 0) is 29.5 Å². The highest BCUT2D eigenvalue weighted by Crippen LogP contribution is 2.27. The highest BCUT2D eigenvalue weighted by atomic mass is 16.3. The van der Waals surface area contributed by atoms with E-state index >= 15 is 0 Å². The monoisotopic (exact) mass is 247 g/mol. The van der Waals surface area contributed by atoms with E-state index in [1.165, 1.54) is 11.1 Å². The molecule has 1 unspecified atom stereocenters. The summed E-state index contributed by atoms with van der Waals surface area (Å²) in [5.41, 5.74) is 3.36. The van der Waals surface area contributed by atoms with E-state index in [0.717, 1.165) is 24.9 Å². The Kier molecular flexibility index (Phi) is 4.02. The molecule has 1 aromatic carbocycles. The van der Waals surface area contributed by atoms with Crippen molar-refractivity contribution in [1.29, 1.82) is 0 Å². The number of carbonyl (C=O) groups excluding carboxylic acids is 1. The minimum Gasteiger partial charge on any atom is -0.388 e. The average molecular weight is 247 g/mol. The number of carbonyl (C=O) groups is 1. The van der Waals surface area contributed by atoms with Gasteiger partial charge in [-0.25, -0.2) is 0 Å². The van der Waals surface area contributed by atoms with Crippen molar-refractivity contribution in [2.75, 3.05) is 0 Å². The Labute approximate surface area is 108 Å². The summed E-state index contributed by atoms with van der Waals surface area (Å²) in [5.74, 6) is 0.228. The lowest BCUT2D eigenvalue weighted by Gasteiger charge is -2.14. The summed E-state index contributed by atoms with van der Waals surface area (Å²) in [6.07, 6.45) is 1.84. The molecule has 18 heavy (non-hydrogen) atoms. The number of aliphatic hydroxyl groups is 1. The van der Waals surface area contributed by atoms with Gasteiger partial charge >= 0.3 is 0 Å². The fraction of sp³-hybridized carbons (Fsp3) is 0.533. The molecule has 3 nitrogen and oxygen atoms in total. The molecule has 2 rings (SSSR count). The third-order valence-corrected chi connectivity index (χ3v) is 3.54. The smallest absolute Gasteiger partial charge is 0.223 e. The van der Waals surface area contributed by atoms with E-state index in [0.29, 0.717) is 13.0 Å². The van der Waals surface area contributed by atoms with Gasteiger partial charge in [0.1, 0.15) is 0 Å². The summed E-state index contributed by atoms with van der Waals surface area (Å²) in [6.45, 7) is 5.40. The molecule has 3 heteroatoms. The van der Waals surface area contributed by atoms with Gasteiger partial charge in [0.2, 0.25) is 5.91 Å². The Hall–Kier alpha value is -1.35. The molecule has 98 valence electrons. The summed E-state index contributed by atoms with van der Waals surface area (Å²) in [6, 6.07) is 6.06. The van der Waals surface area contributed by atoms with Gasteiger partial charge in [0.05, 0.1) is 6.10 Å². The zero-order valence-electron chi connectivity index (χ0n) is 11.1. The van der Waals surface area contributed by atoms with Crippen LogP contribution in [0.25, 0.3) is 0 Å². The van der Waals surface area contributed by atoms with Crippen LogP contribution in [0.15, 0.2) is 18.2 Å². The quantitative estimate of drug-likeness (QED) is 0.888. The molecule has 1 atom stereocenters. The minimum atomic E-state index is -0.393. The van der Waals surface area contributed by atoms with E-state index in [1.54, 1.807) is 0 Å². The van der Waals surface area contributed by atoms with Gasteiger partial charge in [-0.15, -0.1) is 0 Å². The molecule has 1 aromatic rings. The Morgan fingerprint density at radius 1 is 1.33 bits per heavy atom. The molecule has 1 amide bonds. The predicted octanol–water partition coefficient (Wildman–Crippen LogP) is 2.77. The zero-order chi connectivity index (χ0) is 13.1. The van der Waals surface area contributed by atoms with Crippen molar-refractivity contribution >= 4 is 5.91 Å². The number of hydrogen-bond donors (Lipinski definition) is 1. The van der Waals surface area contributed by atoms with Gasteiger partial charge in [0.15, 0.2) is 0 Å². The van der Waals surface area contributed by atoms with Crippen LogP contribution in [0.2, 0.25) is 0 Å². The van der Waals surface area contributed by atoms with Gasteiger partial charge in [-0.1, -0.05) is 32.0 Å². The number of nitrogens with zero attached hydrogens (tertiary/aromatic N) is 1. The second kappa shape index (κ2) is 5.53. The normalized spacial score (nSPS) is 15.6. The molecule has 0 radical (unpaired) electrons. The van der Waals surface area contributed by atoms with E-state index in [9.17, 15) is 9.90 Å². The number of amides is 1. The van der Waals surface area contributed by atoms with E-state index in [1.807, 2.05) is 36.9 Å². The van der Waals surface area contributed by atoms with Gasteiger partial charge in [0.25, 0.3) is 0 Å². The molecule has 0 aliphatic carbocycles. The minimum absolute atomic E-state index is 0.228. The van der Waals surface area contributed by atoms with Gasteiger partial charge in [0, 0.05) is 19.5 Å². The van der Waals surface area contributed by atoms with Crippen molar-refractivity contribution in [2.24, 2.45) is 0 Å². The first-order valence-corrected chi connectivity index (χ1v) is 6.73. The lowest BCUT2D eigenvalue weighted by atomic mass is 10.0. The highest BCUT2D eigenvalue weighted by molar-refractivity contribution is 5.76. The lowest BCUT2D eigenvalue weighted by molar-refractivity contribution is -0.131. The first-order valence-electron chi connectivity index (χ1n) is 6.73. The number of rotatable bonds is 4. The molecule has 1 heterocycles. The molecule has 0 saturated carbocycles. The summed E-state index contributed by atoms with van der Waals surface area (Å²) in [7, 11) is 0. The number of hydrogen-bond acceptors (Lipinski definition) is 2. The third-order valence-electron chi connectivity index (χ3n) is 3.54. The standard InChI is InChI=1S/C15H21NO2/c1-3-5-15(18)16-9-12-7-6-11(14(17)4-2)8-13(12)10-16/h6-8,14,17H,3-5,9-10H2,1-2H3. The second-order valence-corrected chi connectivity index (χ2v) is 4.95.